The third-order valence-electron chi connectivity index (χ3n) is 8.52. The van der Waals surface area contributed by atoms with Gasteiger partial charge in [0.1, 0.15) is 0 Å². The molecule has 0 aromatic carbocycles. The number of rotatable bonds is 1. The molecular weight excluding hydrogens is 270 g/mol. The van der Waals surface area contributed by atoms with Gasteiger partial charge in [0.05, 0.1) is 6.10 Å². The van der Waals surface area contributed by atoms with Crippen LogP contribution in [-0.4, -0.2) is 24.3 Å². The molecule has 0 spiro atoms. The van der Waals surface area contributed by atoms with Gasteiger partial charge in [0.25, 0.3) is 0 Å². The van der Waals surface area contributed by atoms with E-state index in [0.29, 0.717) is 16.7 Å². The van der Waals surface area contributed by atoms with Crippen molar-refractivity contribution in [3.8, 4) is 0 Å². The molecule has 8 atom stereocenters. The van der Waals surface area contributed by atoms with Crippen LogP contribution in [-0.2, 0) is 0 Å². The first-order valence-electron chi connectivity index (χ1n) is 9.53. The normalized spacial score (nSPS) is 57.1. The van der Waals surface area contributed by atoms with Crippen LogP contribution in [0.3, 0.4) is 0 Å². The Morgan fingerprint density at radius 2 is 1.86 bits per heavy atom. The van der Waals surface area contributed by atoms with E-state index in [2.05, 4.69) is 38.4 Å². The average molecular weight is 303 g/mol. The predicted octanol–water partition coefficient (Wildman–Crippen LogP) is 3.75. The van der Waals surface area contributed by atoms with E-state index in [1.165, 1.54) is 38.5 Å². The Kier molecular flexibility index (Phi) is 3.51. The molecule has 2 N–H and O–H groups in total. The molecule has 22 heavy (non-hydrogen) atoms. The van der Waals surface area contributed by atoms with Crippen LogP contribution in [0.25, 0.3) is 0 Å². The van der Waals surface area contributed by atoms with E-state index >= 15 is 0 Å². The highest BCUT2D eigenvalue weighted by atomic mass is 16.3. The van der Waals surface area contributed by atoms with E-state index in [4.69, 9.17) is 0 Å². The number of nitrogens with one attached hydrogen (secondary N) is 1. The van der Waals surface area contributed by atoms with Crippen LogP contribution < -0.4 is 5.32 Å². The third kappa shape index (κ3) is 1.92. The molecule has 2 nitrogen and oxygen atoms in total. The first kappa shape index (κ1) is 15.2. The summed E-state index contributed by atoms with van der Waals surface area (Å²) in [7, 11) is 2.16. The Bertz CT molecular complexity index is 474. The van der Waals surface area contributed by atoms with Gasteiger partial charge in [-0.1, -0.05) is 26.0 Å². The number of aliphatic hydroxyl groups excluding tert-OH is 1. The van der Waals surface area contributed by atoms with Crippen molar-refractivity contribution in [1.29, 1.82) is 0 Å². The summed E-state index contributed by atoms with van der Waals surface area (Å²) in [5.41, 5.74) is 0.873. The van der Waals surface area contributed by atoms with Gasteiger partial charge >= 0.3 is 0 Å². The minimum atomic E-state index is -0.191. The summed E-state index contributed by atoms with van der Waals surface area (Å²) in [6, 6.07) is 0.729. The summed E-state index contributed by atoms with van der Waals surface area (Å²) >= 11 is 0. The summed E-state index contributed by atoms with van der Waals surface area (Å²) in [6.45, 7) is 5.07. The van der Waals surface area contributed by atoms with Gasteiger partial charge in [0.15, 0.2) is 0 Å². The average Bonchev–Trinajstić information content (AvgIpc) is 2.84. The Hall–Kier alpha value is -0.340. The summed E-state index contributed by atoms with van der Waals surface area (Å²) in [4.78, 5) is 0. The van der Waals surface area contributed by atoms with E-state index < -0.39 is 0 Å². The molecular formula is C20H33NO. The second-order valence-electron chi connectivity index (χ2n) is 9.14. The lowest BCUT2D eigenvalue weighted by atomic mass is 9.46. The molecule has 0 aliphatic heterocycles. The van der Waals surface area contributed by atoms with Gasteiger partial charge in [-0.2, -0.15) is 0 Å². The maximum absolute atomic E-state index is 10.0. The van der Waals surface area contributed by atoms with Crippen molar-refractivity contribution in [3.63, 3.8) is 0 Å². The zero-order valence-electron chi connectivity index (χ0n) is 14.5. The fourth-order valence-corrected chi connectivity index (χ4v) is 7.26. The third-order valence-corrected chi connectivity index (χ3v) is 8.52. The van der Waals surface area contributed by atoms with Gasteiger partial charge < -0.3 is 10.4 Å². The molecule has 124 valence electrons. The van der Waals surface area contributed by atoms with Gasteiger partial charge in [0, 0.05) is 6.04 Å². The van der Waals surface area contributed by atoms with E-state index in [-0.39, 0.29) is 6.10 Å². The zero-order chi connectivity index (χ0) is 15.5. The van der Waals surface area contributed by atoms with Crippen LogP contribution >= 0.6 is 0 Å². The number of aliphatic hydroxyl groups is 1. The second kappa shape index (κ2) is 5.08. The SMILES string of the molecule is CNC1CC[C@H]2[C@@H]3CCC4CC(O)C=C[C@]4(C)[C@@H]3CC[C@]12C. The van der Waals surface area contributed by atoms with E-state index in [0.717, 1.165) is 30.2 Å². The van der Waals surface area contributed by atoms with Gasteiger partial charge in [-0.05, 0) is 86.5 Å². The molecule has 4 aliphatic rings. The molecule has 0 heterocycles. The van der Waals surface area contributed by atoms with Gasteiger partial charge in [0.2, 0.25) is 0 Å². The van der Waals surface area contributed by atoms with Crippen LogP contribution in [0.1, 0.15) is 58.8 Å². The molecule has 0 saturated heterocycles. The summed E-state index contributed by atoms with van der Waals surface area (Å²) < 4.78 is 0. The van der Waals surface area contributed by atoms with Gasteiger partial charge in [-0.15, -0.1) is 0 Å². The van der Waals surface area contributed by atoms with Crippen molar-refractivity contribution in [3.05, 3.63) is 12.2 Å². The van der Waals surface area contributed by atoms with Crippen LogP contribution in [0.2, 0.25) is 0 Å². The number of hydrogen-bond acceptors (Lipinski definition) is 2. The molecule has 4 aliphatic carbocycles. The minimum Gasteiger partial charge on any atom is -0.389 e. The van der Waals surface area contributed by atoms with E-state index in [1.54, 1.807) is 0 Å². The molecule has 3 fully saturated rings. The maximum atomic E-state index is 10.0. The predicted molar refractivity (Wildman–Crippen MR) is 90.5 cm³/mol. The maximum Gasteiger partial charge on any atom is 0.0724 e. The standard InChI is InChI=1S/C20H33NO/c1-19-10-8-14(22)12-13(19)4-5-15-16-6-7-18(21-3)20(16,2)11-9-17(15)19/h8,10,13-18,21-22H,4-7,9,11-12H2,1-3H3/t13?,14?,15-,16-,17+,18?,19-,20-/m0/s1. The minimum absolute atomic E-state index is 0.191. The van der Waals surface area contributed by atoms with Crippen LogP contribution in [0.4, 0.5) is 0 Å². The van der Waals surface area contributed by atoms with Crippen molar-refractivity contribution in [2.75, 3.05) is 7.05 Å². The van der Waals surface area contributed by atoms with Gasteiger partial charge in [-0.3, -0.25) is 0 Å². The molecule has 3 saturated carbocycles. The van der Waals surface area contributed by atoms with Crippen LogP contribution in [0.5, 0.6) is 0 Å². The largest absolute Gasteiger partial charge is 0.389 e. The number of fused-ring (bicyclic) bond motifs is 5. The molecule has 2 heteroatoms. The highest BCUT2D eigenvalue weighted by molar-refractivity contribution is 5.17. The Balaban J connectivity index is 1.65. The fourth-order valence-electron chi connectivity index (χ4n) is 7.26. The van der Waals surface area contributed by atoms with E-state index in [9.17, 15) is 5.11 Å². The lowest BCUT2D eigenvalue weighted by Crippen LogP contribution is -2.54. The van der Waals surface area contributed by atoms with Crippen molar-refractivity contribution in [1.82, 2.24) is 5.32 Å². The highest BCUT2D eigenvalue weighted by Crippen LogP contribution is 2.65. The van der Waals surface area contributed by atoms with Crippen molar-refractivity contribution < 1.29 is 5.11 Å². The first-order valence-corrected chi connectivity index (χ1v) is 9.53. The quantitative estimate of drug-likeness (QED) is 0.723. The zero-order valence-corrected chi connectivity index (χ0v) is 14.5. The second-order valence-corrected chi connectivity index (χ2v) is 9.14. The summed E-state index contributed by atoms with van der Waals surface area (Å²) in [5.74, 6) is 3.39. The fraction of sp³-hybridized carbons (Fsp3) is 0.900. The highest BCUT2D eigenvalue weighted by Gasteiger charge is 2.59. The Labute approximate surface area is 135 Å². The molecule has 0 bridgehead atoms. The molecule has 0 aromatic rings. The number of hydrogen-bond donors (Lipinski definition) is 2. The smallest absolute Gasteiger partial charge is 0.0724 e. The Morgan fingerprint density at radius 1 is 1.05 bits per heavy atom. The topological polar surface area (TPSA) is 32.3 Å². The molecule has 3 unspecified atom stereocenters. The van der Waals surface area contributed by atoms with Crippen molar-refractivity contribution in [2.24, 2.45) is 34.5 Å². The molecule has 0 amide bonds. The monoisotopic (exact) mass is 303 g/mol. The first-order chi connectivity index (χ1) is 10.5. The van der Waals surface area contributed by atoms with Crippen LogP contribution in [0, 0.1) is 34.5 Å². The summed E-state index contributed by atoms with van der Waals surface area (Å²) in [6.07, 6.45) is 13.6. The lowest BCUT2D eigenvalue weighted by molar-refractivity contribution is -0.0806. The Morgan fingerprint density at radius 3 is 2.64 bits per heavy atom. The van der Waals surface area contributed by atoms with Crippen molar-refractivity contribution >= 4 is 0 Å². The van der Waals surface area contributed by atoms with Crippen molar-refractivity contribution in [2.45, 2.75) is 70.9 Å². The molecule has 4 rings (SSSR count). The lowest BCUT2D eigenvalue weighted by Gasteiger charge is -2.59. The molecule has 0 aromatic heterocycles. The van der Waals surface area contributed by atoms with Crippen LogP contribution in [0.15, 0.2) is 12.2 Å². The van der Waals surface area contributed by atoms with Gasteiger partial charge in [-0.25, -0.2) is 0 Å². The summed E-state index contributed by atoms with van der Waals surface area (Å²) in [5, 5.41) is 13.6. The van der Waals surface area contributed by atoms with E-state index in [1.807, 2.05) is 0 Å². The molecule has 0 radical (unpaired) electrons. The number of allylic oxidation sites excluding steroid dienone is 1.